The summed E-state index contributed by atoms with van der Waals surface area (Å²) in [4.78, 5) is 13.5. The maximum Gasteiger partial charge on any atom is 0.125 e. The minimum absolute atomic E-state index is 0.0282. The Morgan fingerprint density at radius 1 is 0.920 bits per heavy atom. The van der Waals surface area contributed by atoms with E-state index < -0.39 is 0 Å². The highest BCUT2D eigenvalue weighted by atomic mass is 15.1. The fourth-order valence-corrected chi connectivity index (χ4v) is 3.08. The average Bonchev–Trinajstić information content (AvgIpc) is 3.19. The lowest BCUT2D eigenvalue weighted by Gasteiger charge is -2.22. The molecule has 0 bridgehead atoms. The van der Waals surface area contributed by atoms with Crippen molar-refractivity contribution in [3.05, 3.63) is 103 Å². The smallest absolute Gasteiger partial charge is 0.125 e. The molecule has 25 heavy (non-hydrogen) atoms. The van der Waals surface area contributed by atoms with Crippen LogP contribution in [0.3, 0.4) is 0 Å². The molecule has 2 heterocycles. The normalized spacial score (nSPS) is 12.0. The van der Waals surface area contributed by atoms with Gasteiger partial charge in [0.05, 0.1) is 18.1 Å². The van der Waals surface area contributed by atoms with E-state index in [0.717, 1.165) is 22.6 Å². The van der Waals surface area contributed by atoms with Gasteiger partial charge in [0.2, 0.25) is 0 Å². The van der Waals surface area contributed by atoms with Crippen molar-refractivity contribution in [2.75, 3.05) is 0 Å². The average molecular weight is 326 g/mol. The molecule has 4 nitrogen and oxygen atoms in total. The van der Waals surface area contributed by atoms with Gasteiger partial charge >= 0.3 is 0 Å². The molecule has 4 heteroatoms. The predicted molar refractivity (Wildman–Crippen MR) is 98.1 cm³/mol. The number of hydrogen-bond donors (Lipinski definition) is 0. The van der Waals surface area contributed by atoms with E-state index in [1.54, 1.807) is 6.20 Å². The number of aromatic nitrogens is 4. The van der Waals surface area contributed by atoms with Crippen molar-refractivity contribution in [2.24, 2.45) is 0 Å². The van der Waals surface area contributed by atoms with Crippen LogP contribution in [0.2, 0.25) is 0 Å². The van der Waals surface area contributed by atoms with Crippen LogP contribution in [-0.2, 0) is 0 Å². The summed E-state index contributed by atoms with van der Waals surface area (Å²) in [6.07, 6.45) is 7.55. The van der Waals surface area contributed by atoms with Gasteiger partial charge in [-0.2, -0.15) is 0 Å². The lowest BCUT2D eigenvalue weighted by molar-refractivity contribution is 0.671. The standard InChI is InChI=1S/C21H18N4/c1-16-23-14-19(20(24-16)17-8-4-2-5-9-17)21(25-13-12-22-15-25)18-10-6-3-7-11-18/h2-15,21H,1H3. The summed E-state index contributed by atoms with van der Waals surface area (Å²) in [5.41, 5.74) is 4.27. The third-order valence-electron chi connectivity index (χ3n) is 4.22. The summed E-state index contributed by atoms with van der Waals surface area (Å²) < 4.78 is 2.09. The Balaban J connectivity index is 1.94. The molecule has 0 saturated carbocycles. The van der Waals surface area contributed by atoms with E-state index >= 15 is 0 Å². The summed E-state index contributed by atoms with van der Waals surface area (Å²) in [5.74, 6) is 0.764. The van der Waals surface area contributed by atoms with Crippen molar-refractivity contribution in [1.29, 1.82) is 0 Å². The zero-order chi connectivity index (χ0) is 17.1. The van der Waals surface area contributed by atoms with Crippen LogP contribution in [0.4, 0.5) is 0 Å². The van der Waals surface area contributed by atoms with Crippen LogP contribution in [0.5, 0.6) is 0 Å². The molecular weight excluding hydrogens is 308 g/mol. The fraction of sp³-hybridized carbons (Fsp3) is 0.0952. The van der Waals surface area contributed by atoms with E-state index in [2.05, 4.69) is 50.9 Å². The molecule has 1 atom stereocenters. The van der Waals surface area contributed by atoms with Gasteiger partial charge < -0.3 is 4.57 Å². The number of hydrogen-bond acceptors (Lipinski definition) is 3. The van der Waals surface area contributed by atoms with Crippen LogP contribution < -0.4 is 0 Å². The van der Waals surface area contributed by atoms with Crippen molar-refractivity contribution >= 4 is 0 Å². The van der Waals surface area contributed by atoms with Gasteiger partial charge in [-0.05, 0) is 12.5 Å². The van der Waals surface area contributed by atoms with Crippen LogP contribution in [0.1, 0.15) is 23.0 Å². The molecule has 0 amide bonds. The first-order chi connectivity index (χ1) is 12.3. The zero-order valence-corrected chi connectivity index (χ0v) is 13.9. The second kappa shape index (κ2) is 6.69. The third kappa shape index (κ3) is 3.06. The van der Waals surface area contributed by atoms with Gasteiger partial charge in [0.1, 0.15) is 5.82 Å². The summed E-state index contributed by atoms with van der Waals surface area (Å²) in [5, 5.41) is 0. The van der Waals surface area contributed by atoms with Crippen LogP contribution >= 0.6 is 0 Å². The fourth-order valence-electron chi connectivity index (χ4n) is 3.08. The summed E-state index contributed by atoms with van der Waals surface area (Å²) in [6, 6.07) is 20.6. The monoisotopic (exact) mass is 326 g/mol. The molecule has 1 unspecified atom stereocenters. The molecule has 0 saturated heterocycles. The molecular formula is C21H18N4. The molecule has 4 rings (SSSR count). The second-order valence-electron chi connectivity index (χ2n) is 5.91. The van der Waals surface area contributed by atoms with Gasteiger partial charge in [-0.25, -0.2) is 15.0 Å². The molecule has 0 aliphatic heterocycles. The molecule has 122 valence electrons. The zero-order valence-electron chi connectivity index (χ0n) is 13.9. The van der Waals surface area contributed by atoms with Crippen LogP contribution in [-0.4, -0.2) is 19.5 Å². The van der Waals surface area contributed by atoms with E-state index in [-0.39, 0.29) is 6.04 Å². The van der Waals surface area contributed by atoms with Gasteiger partial charge in [-0.15, -0.1) is 0 Å². The van der Waals surface area contributed by atoms with Gasteiger partial charge in [0.15, 0.2) is 0 Å². The highest BCUT2D eigenvalue weighted by Crippen LogP contribution is 2.32. The van der Waals surface area contributed by atoms with Crippen LogP contribution in [0.15, 0.2) is 85.6 Å². The Morgan fingerprint density at radius 2 is 1.64 bits per heavy atom. The number of nitrogens with zero attached hydrogens (tertiary/aromatic N) is 4. The summed E-state index contributed by atoms with van der Waals surface area (Å²) >= 11 is 0. The van der Waals surface area contributed by atoms with Crippen molar-refractivity contribution in [3.8, 4) is 11.3 Å². The predicted octanol–water partition coefficient (Wildman–Crippen LogP) is 4.29. The lowest BCUT2D eigenvalue weighted by Crippen LogP contribution is -2.13. The minimum Gasteiger partial charge on any atom is -0.326 e. The minimum atomic E-state index is -0.0282. The molecule has 0 radical (unpaired) electrons. The van der Waals surface area contributed by atoms with Gasteiger partial charge in [0, 0.05) is 29.7 Å². The van der Waals surface area contributed by atoms with E-state index in [9.17, 15) is 0 Å². The Kier molecular flexibility index (Phi) is 4.09. The van der Waals surface area contributed by atoms with E-state index in [0.29, 0.717) is 0 Å². The Bertz CT molecular complexity index is 948. The molecule has 2 aromatic heterocycles. The first-order valence-corrected chi connectivity index (χ1v) is 8.24. The van der Waals surface area contributed by atoms with E-state index in [1.165, 1.54) is 5.56 Å². The molecule has 0 spiro atoms. The number of benzene rings is 2. The second-order valence-corrected chi connectivity index (χ2v) is 5.91. The van der Waals surface area contributed by atoms with Gasteiger partial charge in [-0.1, -0.05) is 60.7 Å². The van der Waals surface area contributed by atoms with E-state index in [4.69, 9.17) is 4.98 Å². The SMILES string of the molecule is Cc1ncc(C(c2ccccc2)n2ccnc2)c(-c2ccccc2)n1. The molecule has 0 aliphatic rings. The molecule has 0 aliphatic carbocycles. The Hall–Kier alpha value is -3.27. The number of imidazole rings is 1. The molecule has 4 aromatic rings. The van der Waals surface area contributed by atoms with Gasteiger partial charge in [0.25, 0.3) is 0 Å². The van der Waals surface area contributed by atoms with E-state index in [1.807, 2.05) is 49.9 Å². The maximum atomic E-state index is 4.75. The van der Waals surface area contributed by atoms with Crippen molar-refractivity contribution in [1.82, 2.24) is 19.5 Å². The van der Waals surface area contributed by atoms with Crippen molar-refractivity contribution < 1.29 is 0 Å². The number of rotatable bonds is 4. The molecule has 2 aromatic carbocycles. The highest BCUT2D eigenvalue weighted by molar-refractivity contribution is 5.64. The van der Waals surface area contributed by atoms with Crippen LogP contribution in [0.25, 0.3) is 11.3 Å². The quantitative estimate of drug-likeness (QED) is 0.562. The summed E-state index contributed by atoms with van der Waals surface area (Å²) in [6.45, 7) is 1.92. The highest BCUT2D eigenvalue weighted by Gasteiger charge is 2.21. The number of aryl methyl sites for hydroxylation is 1. The molecule has 0 fully saturated rings. The van der Waals surface area contributed by atoms with Crippen LogP contribution in [0, 0.1) is 6.92 Å². The topological polar surface area (TPSA) is 43.6 Å². The largest absolute Gasteiger partial charge is 0.326 e. The Morgan fingerprint density at radius 3 is 2.32 bits per heavy atom. The third-order valence-corrected chi connectivity index (χ3v) is 4.22. The Labute approximate surface area is 146 Å². The maximum absolute atomic E-state index is 4.75. The first kappa shape index (κ1) is 15.3. The van der Waals surface area contributed by atoms with Crippen molar-refractivity contribution in [2.45, 2.75) is 13.0 Å². The van der Waals surface area contributed by atoms with Gasteiger partial charge in [-0.3, -0.25) is 0 Å². The first-order valence-electron chi connectivity index (χ1n) is 8.24. The van der Waals surface area contributed by atoms with Crippen molar-refractivity contribution in [3.63, 3.8) is 0 Å². The molecule has 0 N–H and O–H groups in total. The lowest BCUT2D eigenvalue weighted by atomic mass is 9.95. The summed E-state index contributed by atoms with van der Waals surface area (Å²) in [7, 11) is 0.